The summed E-state index contributed by atoms with van der Waals surface area (Å²) in [7, 11) is 0. The first-order valence-electron chi connectivity index (χ1n) is 6.38. The fourth-order valence-electron chi connectivity index (χ4n) is 2.28. The lowest BCUT2D eigenvalue weighted by molar-refractivity contribution is -0.123. The average Bonchev–Trinajstić information content (AvgIpc) is 2.75. The molecule has 0 atom stereocenters. The van der Waals surface area contributed by atoms with E-state index in [9.17, 15) is 9.90 Å². The van der Waals surface area contributed by atoms with E-state index in [4.69, 9.17) is 0 Å². The summed E-state index contributed by atoms with van der Waals surface area (Å²) in [6, 6.07) is 0. The molecule has 1 aromatic rings. The first kappa shape index (κ1) is 12.9. The van der Waals surface area contributed by atoms with Crippen molar-refractivity contribution in [2.75, 3.05) is 6.54 Å². The van der Waals surface area contributed by atoms with Gasteiger partial charge in [0.25, 0.3) is 0 Å². The van der Waals surface area contributed by atoms with Gasteiger partial charge in [-0.25, -0.2) is 4.68 Å². The molecule has 2 N–H and O–H groups in total. The number of rotatable bonds is 4. The van der Waals surface area contributed by atoms with Gasteiger partial charge in [-0.05, 0) is 23.3 Å². The fourth-order valence-corrected chi connectivity index (χ4v) is 2.28. The van der Waals surface area contributed by atoms with Gasteiger partial charge in [-0.15, -0.1) is 5.10 Å². The summed E-state index contributed by atoms with van der Waals surface area (Å²) in [6.45, 7) is 0.400. The van der Waals surface area contributed by atoms with E-state index < -0.39 is 5.60 Å². The van der Waals surface area contributed by atoms with E-state index >= 15 is 0 Å². The zero-order valence-electron chi connectivity index (χ0n) is 10.4. The molecule has 1 saturated carbocycles. The Morgan fingerprint density at radius 3 is 2.67 bits per heavy atom. The van der Waals surface area contributed by atoms with Crippen molar-refractivity contribution in [2.45, 2.75) is 50.7 Å². The van der Waals surface area contributed by atoms with Crippen LogP contribution in [0.15, 0.2) is 6.33 Å². The van der Waals surface area contributed by atoms with E-state index in [0.29, 0.717) is 6.54 Å². The van der Waals surface area contributed by atoms with E-state index in [2.05, 4.69) is 20.8 Å². The van der Waals surface area contributed by atoms with Crippen molar-refractivity contribution in [3.05, 3.63) is 6.33 Å². The molecule has 1 amide bonds. The van der Waals surface area contributed by atoms with Gasteiger partial charge >= 0.3 is 0 Å². The summed E-state index contributed by atoms with van der Waals surface area (Å²) in [5.74, 6) is -0.181. The molecule has 7 nitrogen and oxygen atoms in total. The van der Waals surface area contributed by atoms with Crippen LogP contribution >= 0.6 is 0 Å². The number of tetrazole rings is 1. The Labute approximate surface area is 106 Å². The maximum Gasteiger partial charge on any atom is 0.241 e. The molecule has 0 bridgehead atoms. The summed E-state index contributed by atoms with van der Waals surface area (Å²) in [5.41, 5.74) is -0.743. The molecular formula is C11H19N5O2. The molecule has 1 fully saturated rings. The van der Waals surface area contributed by atoms with Crippen LogP contribution in [0.3, 0.4) is 0 Å². The summed E-state index contributed by atoms with van der Waals surface area (Å²) in [6.07, 6.45) is 7.30. The number of carbonyl (C=O) groups is 1. The molecule has 1 aromatic heterocycles. The number of aliphatic hydroxyl groups is 1. The van der Waals surface area contributed by atoms with E-state index in [1.807, 2.05) is 0 Å². The minimum absolute atomic E-state index is 0.0864. The number of amides is 1. The molecule has 0 spiro atoms. The highest BCUT2D eigenvalue weighted by molar-refractivity contribution is 5.75. The summed E-state index contributed by atoms with van der Waals surface area (Å²) in [5, 5.41) is 23.6. The Morgan fingerprint density at radius 2 is 2.06 bits per heavy atom. The van der Waals surface area contributed by atoms with Crippen LogP contribution in [0.1, 0.15) is 38.5 Å². The lowest BCUT2D eigenvalue weighted by Crippen LogP contribution is -2.43. The fraction of sp³-hybridized carbons (Fsp3) is 0.818. The topological polar surface area (TPSA) is 92.9 Å². The highest BCUT2D eigenvalue weighted by atomic mass is 16.3. The first-order valence-corrected chi connectivity index (χ1v) is 6.38. The largest absolute Gasteiger partial charge is 0.388 e. The SMILES string of the molecule is O=C(Cn1cnnn1)NCC1(O)CCCCCC1. The molecule has 18 heavy (non-hydrogen) atoms. The smallest absolute Gasteiger partial charge is 0.241 e. The molecule has 1 heterocycles. The van der Waals surface area contributed by atoms with Crippen molar-refractivity contribution in [1.29, 1.82) is 0 Å². The van der Waals surface area contributed by atoms with Gasteiger partial charge in [0.2, 0.25) is 5.91 Å². The quantitative estimate of drug-likeness (QED) is 0.729. The van der Waals surface area contributed by atoms with E-state index in [1.54, 1.807) is 0 Å². The molecule has 1 aliphatic carbocycles. The molecule has 0 saturated heterocycles. The Hall–Kier alpha value is -1.50. The van der Waals surface area contributed by atoms with Gasteiger partial charge in [-0.1, -0.05) is 25.7 Å². The van der Waals surface area contributed by atoms with Crippen LogP contribution < -0.4 is 5.32 Å². The Bertz CT molecular complexity index is 371. The van der Waals surface area contributed by atoms with Crippen molar-refractivity contribution in [1.82, 2.24) is 25.5 Å². The van der Waals surface area contributed by atoms with E-state index in [-0.39, 0.29) is 12.5 Å². The number of hydrogen-bond donors (Lipinski definition) is 2. The maximum absolute atomic E-state index is 11.6. The monoisotopic (exact) mass is 253 g/mol. The first-order chi connectivity index (χ1) is 8.68. The molecule has 7 heteroatoms. The maximum atomic E-state index is 11.6. The van der Waals surface area contributed by atoms with Crippen molar-refractivity contribution in [2.24, 2.45) is 0 Å². The van der Waals surface area contributed by atoms with Crippen LogP contribution in [0, 0.1) is 0 Å². The van der Waals surface area contributed by atoms with Crippen molar-refractivity contribution >= 4 is 5.91 Å². The normalized spacial score (nSPS) is 19.2. The Balaban J connectivity index is 1.77. The third-order valence-electron chi connectivity index (χ3n) is 3.35. The summed E-state index contributed by atoms with van der Waals surface area (Å²) < 4.78 is 1.35. The molecule has 0 unspecified atom stereocenters. The van der Waals surface area contributed by atoms with Gasteiger partial charge in [-0.2, -0.15) is 0 Å². The van der Waals surface area contributed by atoms with Crippen LogP contribution in [0.25, 0.3) is 0 Å². The number of aromatic nitrogens is 4. The Kier molecular flexibility index (Phi) is 4.24. The minimum atomic E-state index is -0.743. The standard InChI is InChI=1S/C11H19N5O2/c17-10(7-16-9-13-14-15-16)12-8-11(18)5-3-1-2-4-6-11/h9,18H,1-8H2,(H,12,17). The van der Waals surface area contributed by atoms with Crippen LogP contribution in [0.2, 0.25) is 0 Å². The number of nitrogens with one attached hydrogen (secondary N) is 1. The lowest BCUT2D eigenvalue weighted by atomic mass is 9.94. The highest BCUT2D eigenvalue weighted by Crippen LogP contribution is 2.26. The van der Waals surface area contributed by atoms with Gasteiger partial charge in [0, 0.05) is 6.54 Å². The second kappa shape index (κ2) is 5.90. The molecule has 0 aromatic carbocycles. The van der Waals surface area contributed by atoms with Gasteiger partial charge in [0.1, 0.15) is 12.9 Å². The molecule has 2 rings (SSSR count). The highest BCUT2D eigenvalue weighted by Gasteiger charge is 2.28. The van der Waals surface area contributed by atoms with Crippen molar-refractivity contribution < 1.29 is 9.90 Å². The van der Waals surface area contributed by atoms with Crippen molar-refractivity contribution in [3.8, 4) is 0 Å². The Morgan fingerprint density at radius 1 is 1.33 bits per heavy atom. The average molecular weight is 253 g/mol. The molecule has 0 aliphatic heterocycles. The van der Waals surface area contributed by atoms with E-state index in [1.165, 1.54) is 23.9 Å². The van der Waals surface area contributed by atoms with Gasteiger partial charge in [0.15, 0.2) is 0 Å². The van der Waals surface area contributed by atoms with Crippen molar-refractivity contribution in [3.63, 3.8) is 0 Å². The zero-order valence-corrected chi connectivity index (χ0v) is 10.4. The van der Waals surface area contributed by atoms with Crippen LogP contribution in [0.4, 0.5) is 0 Å². The van der Waals surface area contributed by atoms with Crippen LogP contribution in [-0.2, 0) is 11.3 Å². The zero-order chi connectivity index (χ0) is 12.8. The number of hydrogen-bond acceptors (Lipinski definition) is 5. The second-order valence-electron chi connectivity index (χ2n) is 4.92. The third-order valence-corrected chi connectivity index (χ3v) is 3.35. The van der Waals surface area contributed by atoms with Gasteiger partial charge in [0.05, 0.1) is 5.60 Å². The van der Waals surface area contributed by atoms with Crippen LogP contribution in [0.5, 0.6) is 0 Å². The van der Waals surface area contributed by atoms with E-state index in [0.717, 1.165) is 25.7 Å². The van der Waals surface area contributed by atoms with Crippen LogP contribution in [-0.4, -0.2) is 43.4 Å². The second-order valence-corrected chi connectivity index (χ2v) is 4.92. The molecule has 100 valence electrons. The minimum Gasteiger partial charge on any atom is -0.388 e. The predicted molar refractivity (Wildman–Crippen MR) is 63.5 cm³/mol. The lowest BCUT2D eigenvalue weighted by Gasteiger charge is -2.26. The molecule has 1 aliphatic rings. The summed E-state index contributed by atoms with van der Waals surface area (Å²) in [4.78, 5) is 11.6. The number of carbonyl (C=O) groups excluding carboxylic acids is 1. The number of nitrogens with zero attached hydrogens (tertiary/aromatic N) is 4. The molecular weight excluding hydrogens is 234 g/mol. The molecule has 0 radical (unpaired) electrons. The van der Waals surface area contributed by atoms with Gasteiger partial charge < -0.3 is 10.4 Å². The van der Waals surface area contributed by atoms with Gasteiger partial charge in [-0.3, -0.25) is 4.79 Å². The predicted octanol–water partition coefficient (Wildman–Crippen LogP) is -0.125. The summed E-state index contributed by atoms with van der Waals surface area (Å²) >= 11 is 0. The third kappa shape index (κ3) is 3.76.